The topological polar surface area (TPSA) is 130 Å². The summed E-state index contributed by atoms with van der Waals surface area (Å²) in [7, 11) is 2.57. The second-order valence-corrected chi connectivity index (χ2v) is 5.50. The summed E-state index contributed by atoms with van der Waals surface area (Å²) >= 11 is 0. The smallest absolute Gasteiger partial charge is 0.403 e. The van der Waals surface area contributed by atoms with E-state index in [1.165, 1.54) is 0 Å². The molecule has 0 N–H and O–H groups in total. The molecule has 0 bridgehead atoms. The lowest BCUT2D eigenvalue weighted by atomic mass is 10.3. The lowest BCUT2D eigenvalue weighted by molar-refractivity contribution is -0.659. The fraction of sp³-hybridized carbons (Fsp3) is 0.333. The largest absolute Gasteiger partial charge is 0.759 e. The van der Waals surface area contributed by atoms with Crippen molar-refractivity contribution in [1.82, 2.24) is 9.78 Å². The summed E-state index contributed by atoms with van der Waals surface area (Å²) in [4.78, 5) is 2.04. The van der Waals surface area contributed by atoms with Crippen LogP contribution in [-0.2, 0) is 24.5 Å². The first-order valence-corrected chi connectivity index (χ1v) is 7.64. The Morgan fingerprint density at radius 1 is 1.17 bits per heavy atom. The number of aryl methyl sites for hydroxylation is 2. The molecule has 23 heavy (non-hydrogen) atoms. The number of hydrogen-bond acceptors (Lipinski definition) is 8. The molecule has 0 aliphatic rings. The molecule has 0 fully saturated rings. The Kier molecular flexibility index (Phi) is 6.30. The molecule has 0 aliphatic heterocycles. The lowest BCUT2D eigenvalue weighted by Crippen LogP contribution is -2.25. The summed E-state index contributed by atoms with van der Waals surface area (Å²) in [6.07, 6.45) is 1.70. The van der Waals surface area contributed by atoms with E-state index in [0.29, 0.717) is 5.95 Å². The predicted molar refractivity (Wildman–Crippen MR) is 79.8 cm³/mol. The number of benzene rings is 1. The average molecular weight is 341 g/mol. The number of rotatable bonds is 3. The monoisotopic (exact) mass is 341 g/mol. The number of aromatic nitrogens is 3. The van der Waals surface area contributed by atoms with Crippen LogP contribution in [0.1, 0.15) is 0 Å². The van der Waals surface area contributed by atoms with Gasteiger partial charge in [-0.1, -0.05) is 5.11 Å². The number of azo groups is 1. The van der Waals surface area contributed by atoms with Crippen LogP contribution in [0.2, 0.25) is 0 Å². The van der Waals surface area contributed by atoms with E-state index < -0.39 is 10.4 Å². The van der Waals surface area contributed by atoms with Crippen LogP contribution in [0.15, 0.2) is 40.8 Å². The van der Waals surface area contributed by atoms with Gasteiger partial charge in [0, 0.05) is 35.3 Å². The van der Waals surface area contributed by atoms with Gasteiger partial charge in [-0.15, -0.1) is 4.68 Å². The zero-order chi connectivity index (χ0) is 17.6. The van der Waals surface area contributed by atoms with Gasteiger partial charge in [-0.2, -0.15) is 0 Å². The van der Waals surface area contributed by atoms with Crippen molar-refractivity contribution in [1.29, 1.82) is 0 Å². The highest BCUT2D eigenvalue weighted by Gasteiger charge is 2.11. The van der Waals surface area contributed by atoms with E-state index in [0.717, 1.165) is 11.4 Å². The van der Waals surface area contributed by atoms with E-state index >= 15 is 0 Å². The first kappa shape index (κ1) is 18.7. The summed E-state index contributed by atoms with van der Waals surface area (Å²) in [5.74, 6) is 0.701. The summed E-state index contributed by atoms with van der Waals surface area (Å²) in [5.41, 5.74) is 1.96. The van der Waals surface area contributed by atoms with Gasteiger partial charge in [-0.25, -0.2) is 4.57 Å². The van der Waals surface area contributed by atoms with Crippen molar-refractivity contribution in [3.05, 3.63) is 30.6 Å². The molecule has 11 heteroatoms. The van der Waals surface area contributed by atoms with Gasteiger partial charge in [0.2, 0.25) is 6.33 Å². The van der Waals surface area contributed by atoms with Gasteiger partial charge >= 0.3 is 5.95 Å². The van der Waals surface area contributed by atoms with Gasteiger partial charge < -0.3 is 14.0 Å². The SMILES string of the molecule is CN(C)c1ccc(N=Nc2n(C)nc[n+]2C)cc1.O=S(=O)([O-])[O-]. The first-order chi connectivity index (χ1) is 10.6. The maximum Gasteiger partial charge on any atom is 0.403 e. The Hall–Kier alpha value is -2.37. The third-order valence-electron chi connectivity index (χ3n) is 2.62. The van der Waals surface area contributed by atoms with Gasteiger partial charge in [0.25, 0.3) is 0 Å². The van der Waals surface area contributed by atoms with Gasteiger partial charge in [-0.3, -0.25) is 8.42 Å². The van der Waals surface area contributed by atoms with Gasteiger partial charge in [0.05, 0.1) is 19.8 Å². The Morgan fingerprint density at radius 2 is 1.70 bits per heavy atom. The standard InChI is InChI=1S/C12H17N6.H2O4S/c1-16(2)11-7-5-10(6-8-11)14-15-12-17(3)9-13-18(12)4;1-5(2,3)4/h5-9H,1-4H3;(H2,1,2,3,4)/q+1;/p-2. The summed E-state index contributed by atoms with van der Waals surface area (Å²) in [6.45, 7) is 0. The van der Waals surface area contributed by atoms with Crippen LogP contribution in [0.25, 0.3) is 0 Å². The maximum absolute atomic E-state index is 8.52. The molecule has 2 aromatic rings. The number of hydrogen-bond donors (Lipinski definition) is 0. The Morgan fingerprint density at radius 3 is 2.09 bits per heavy atom. The van der Waals surface area contributed by atoms with Crippen molar-refractivity contribution < 1.29 is 22.1 Å². The predicted octanol–water partition coefficient (Wildman–Crippen LogP) is 0.388. The van der Waals surface area contributed by atoms with Crippen LogP contribution in [-0.4, -0.2) is 41.4 Å². The van der Waals surface area contributed by atoms with Crippen molar-refractivity contribution >= 4 is 27.7 Å². The van der Waals surface area contributed by atoms with Crippen molar-refractivity contribution in [3.8, 4) is 0 Å². The van der Waals surface area contributed by atoms with E-state index in [1.807, 2.05) is 61.9 Å². The minimum Gasteiger partial charge on any atom is -0.759 e. The molecule has 0 radical (unpaired) electrons. The molecule has 1 aromatic heterocycles. The molecule has 1 heterocycles. The van der Waals surface area contributed by atoms with E-state index in [2.05, 4.69) is 15.3 Å². The van der Waals surface area contributed by atoms with Crippen LogP contribution in [0.3, 0.4) is 0 Å². The van der Waals surface area contributed by atoms with Crippen molar-refractivity contribution in [2.45, 2.75) is 0 Å². The van der Waals surface area contributed by atoms with Crippen LogP contribution in [0.4, 0.5) is 17.3 Å². The van der Waals surface area contributed by atoms with Crippen LogP contribution >= 0.6 is 0 Å². The van der Waals surface area contributed by atoms with Crippen LogP contribution < -0.4 is 9.47 Å². The second kappa shape index (κ2) is 7.76. The first-order valence-electron chi connectivity index (χ1n) is 6.31. The molecule has 0 saturated heterocycles. The Labute approximate surface area is 134 Å². The van der Waals surface area contributed by atoms with Crippen molar-refractivity contribution in [3.63, 3.8) is 0 Å². The molecule has 126 valence electrons. The Bertz CT molecular complexity index is 740. The zero-order valence-electron chi connectivity index (χ0n) is 13.1. The molecule has 10 nitrogen and oxygen atoms in total. The van der Waals surface area contributed by atoms with E-state index in [9.17, 15) is 0 Å². The minimum atomic E-state index is -5.17. The minimum absolute atomic E-state index is 0.701. The van der Waals surface area contributed by atoms with Gasteiger partial charge in [0.15, 0.2) is 0 Å². The third-order valence-corrected chi connectivity index (χ3v) is 2.62. The molecule has 0 saturated carbocycles. The lowest BCUT2D eigenvalue weighted by Gasteiger charge is -2.11. The number of anilines is 1. The molecular formula is C12H17N6O4S-. The highest BCUT2D eigenvalue weighted by molar-refractivity contribution is 7.79. The third kappa shape index (κ3) is 6.95. The highest BCUT2D eigenvalue weighted by atomic mass is 32.3. The van der Waals surface area contributed by atoms with Crippen molar-refractivity contribution in [2.75, 3.05) is 19.0 Å². The molecule has 0 spiro atoms. The maximum atomic E-state index is 8.52. The van der Waals surface area contributed by atoms with Gasteiger partial charge in [0.1, 0.15) is 0 Å². The van der Waals surface area contributed by atoms with Crippen molar-refractivity contribution in [2.24, 2.45) is 24.3 Å². The highest BCUT2D eigenvalue weighted by Crippen LogP contribution is 2.19. The summed E-state index contributed by atoms with van der Waals surface area (Å²) in [5, 5.41) is 12.5. The molecule has 2 rings (SSSR count). The van der Waals surface area contributed by atoms with E-state index in [4.69, 9.17) is 17.5 Å². The van der Waals surface area contributed by atoms with E-state index in [-0.39, 0.29) is 0 Å². The van der Waals surface area contributed by atoms with E-state index in [1.54, 1.807) is 11.0 Å². The second-order valence-electron chi connectivity index (χ2n) is 4.68. The zero-order valence-corrected chi connectivity index (χ0v) is 13.9. The average Bonchev–Trinajstić information content (AvgIpc) is 2.74. The summed E-state index contributed by atoms with van der Waals surface area (Å²) in [6, 6.07) is 7.90. The Balaban J connectivity index is 0.000000463. The van der Waals surface area contributed by atoms with Gasteiger partial charge in [-0.05, 0) is 29.4 Å². The molecule has 1 aromatic carbocycles. The number of nitrogens with zero attached hydrogens (tertiary/aromatic N) is 6. The normalized spacial score (nSPS) is 11.2. The molecule has 0 aliphatic carbocycles. The van der Waals surface area contributed by atoms with Crippen LogP contribution in [0, 0.1) is 0 Å². The molecule has 0 atom stereocenters. The fourth-order valence-corrected chi connectivity index (χ4v) is 1.54. The molecule has 0 amide bonds. The van der Waals surface area contributed by atoms with Crippen LogP contribution in [0.5, 0.6) is 0 Å². The molecular weight excluding hydrogens is 324 g/mol. The quantitative estimate of drug-likeness (QED) is 0.343. The molecule has 0 unspecified atom stereocenters. The summed E-state index contributed by atoms with van der Waals surface area (Å²) < 4.78 is 37.6. The fourth-order valence-electron chi connectivity index (χ4n) is 1.54.